The van der Waals surface area contributed by atoms with Gasteiger partial charge in [0.1, 0.15) is 5.75 Å². The molecule has 2 aromatic carbocycles. The molecule has 0 spiro atoms. The highest BCUT2D eigenvalue weighted by Gasteiger charge is 2.11. The lowest BCUT2D eigenvalue weighted by molar-refractivity contribution is 0.317. The number of rotatable bonds is 7. The van der Waals surface area contributed by atoms with Gasteiger partial charge in [-0.2, -0.15) is 0 Å². The number of nitrogens with two attached hydrogens (primary N) is 1. The van der Waals surface area contributed by atoms with E-state index in [-0.39, 0.29) is 5.92 Å². The molecule has 0 amide bonds. The molecule has 2 nitrogen and oxygen atoms in total. The van der Waals surface area contributed by atoms with Crippen molar-refractivity contribution in [3.63, 3.8) is 0 Å². The molecule has 1 atom stereocenters. The maximum absolute atomic E-state index is 5.97. The van der Waals surface area contributed by atoms with Gasteiger partial charge in [0.2, 0.25) is 0 Å². The molecular formula is C18H22ClNO. The summed E-state index contributed by atoms with van der Waals surface area (Å²) < 4.78 is 5.70. The van der Waals surface area contributed by atoms with E-state index >= 15 is 0 Å². The van der Waals surface area contributed by atoms with E-state index in [1.165, 1.54) is 11.1 Å². The van der Waals surface area contributed by atoms with E-state index in [1.807, 2.05) is 24.3 Å². The summed E-state index contributed by atoms with van der Waals surface area (Å²) in [7, 11) is 0. The van der Waals surface area contributed by atoms with Crippen LogP contribution in [0.2, 0.25) is 5.02 Å². The van der Waals surface area contributed by atoms with Crippen molar-refractivity contribution in [1.82, 2.24) is 0 Å². The third-order valence-electron chi connectivity index (χ3n) is 3.48. The smallest absolute Gasteiger partial charge is 0.119 e. The average Bonchev–Trinajstić information content (AvgIpc) is 2.52. The van der Waals surface area contributed by atoms with Crippen LogP contribution in [0.1, 0.15) is 30.4 Å². The summed E-state index contributed by atoms with van der Waals surface area (Å²) in [5, 5.41) is 0.762. The minimum absolute atomic E-state index is 0.288. The Labute approximate surface area is 131 Å². The van der Waals surface area contributed by atoms with Crippen LogP contribution in [0, 0.1) is 0 Å². The van der Waals surface area contributed by atoms with E-state index in [2.05, 4.69) is 31.2 Å². The zero-order valence-electron chi connectivity index (χ0n) is 12.4. The lowest BCUT2D eigenvalue weighted by atomic mass is 9.92. The lowest BCUT2D eigenvalue weighted by Gasteiger charge is -2.16. The fourth-order valence-electron chi connectivity index (χ4n) is 2.32. The van der Waals surface area contributed by atoms with Gasteiger partial charge in [-0.05, 0) is 54.8 Å². The molecule has 0 radical (unpaired) electrons. The van der Waals surface area contributed by atoms with Crippen molar-refractivity contribution in [3.05, 3.63) is 64.7 Å². The first-order valence-corrected chi connectivity index (χ1v) is 7.78. The molecule has 0 aromatic heterocycles. The second-order valence-electron chi connectivity index (χ2n) is 5.18. The van der Waals surface area contributed by atoms with Crippen LogP contribution in [0.25, 0.3) is 0 Å². The minimum Gasteiger partial charge on any atom is -0.494 e. The summed E-state index contributed by atoms with van der Waals surface area (Å²) in [4.78, 5) is 0. The molecule has 0 fully saturated rings. The number of hydrogen-bond donors (Lipinski definition) is 1. The Kier molecular flexibility index (Phi) is 6.09. The van der Waals surface area contributed by atoms with E-state index in [9.17, 15) is 0 Å². The normalized spacial score (nSPS) is 12.1. The molecule has 2 N–H and O–H groups in total. The molecule has 2 rings (SSSR count). The first-order valence-electron chi connectivity index (χ1n) is 7.40. The standard InChI is InChI=1S/C18H22ClNO/c1-2-10-21-18-5-3-4-15(12-18)16(13-20)11-14-6-8-17(19)9-7-14/h3-9,12,16H,2,10-11,13,20H2,1H3. The SMILES string of the molecule is CCCOc1cccc(C(CN)Cc2ccc(Cl)cc2)c1. The maximum atomic E-state index is 5.97. The number of halogens is 1. The molecule has 0 saturated heterocycles. The summed E-state index contributed by atoms with van der Waals surface area (Å²) in [6.45, 7) is 3.46. The largest absolute Gasteiger partial charge is 0.494 e. The quantitative estimate of drug-likeness (QED) is 0.822. The Balaban J connectivity index is 2.11. The summed E-state index contributed by atoms with van der Waals surface area (Å²) in [5.74, 6) is 1.21. The van der Waals surface area contributed by atoms with Crippen molar-refractivity contribution < 1.29 is 4.74 Å². The lowest BCUT2D eigenvalue weighted by Crippen LogP contribution is -2.15. The predicted octanol–water partition coefficient (Wildman–Crippen LogP) is 4.41. The highest BCUT2D eigenvalue weighted by molar-refractivity contribution is 6.30. The van der Waals surface area contributed by atoms with Gasteiger partial charge in [0.25, 0.3) is 0 Å². The van der Waals surface area contributed by atoms with Gasteiger partial charge in [-0.3, -0.25) is 0 Å². The van der Waals surface area contributed by atoms with Crippen molar-refractivity contribution in [2.24, 2.45) is 5.73 Å². The molecule has 0 saturated carbocycles. The van der Waals surface area contributed by atoms with Crippen LogP contribution in [-0.4, -0.2) is 13.2 Å². The van der Waals surface area contributed by atoms with Crippen LogP contribution >= 0.6 is 11.6 Å². The van der Waals surface area contributed by atoms with Crippen LogP contribution in [0.3, 0.4) is 0 Å². The van der Waals surface area contributed by atoms with Crippen LogP contribution in [0.5, 0.6) is 5.75 Å². The number of benzene rings is 2. The zero-order chi connectivity index (χ0) is 15.1. The van der Waals surface area contributed by atoms with Crippen molar-refractivity contribution >= 4 is 11.6 Å². The fraction of sp³-hybridized carbons (Fsp3) is 0.333. The van der Waals surface area contributed by atoms with Gasteiger partial charge in [-0.15, -0.1) is 0 Å². The van der Waals surface area contributed by atoms with E-state index in [4.69, 9.17) is 22.1 Å². The minimum atomic E-state index is 0.288. The summed E-state index contributed by atoms with van der Waals surface area (Å²) in [6.07, 6.45) is 1.92. The number of ether oxygens (including phenoxy) is 1. The molecule has 112 valence electrons. The zero-order valence-corrected chi connectivity index (χ0v) is 13.1. The Morgan fingerprint density at radius 1 is 1.14 bits per heavy atom. The Morgan fingerprint density at radius 2 is 1.90 bits per heavy atom. The first kappa shape index (κ1) is 15.9. The third-order valence-corrected chi connectivity index (χ3v) is 3.73. The third kappa shape index (κ3) is 4.76. The van der Waals surface area contributed by atoms with E-state index in [0.29, 0.717) is 6.54 Å². The topological polar surface area (TPSA) is 35.2 Å². The van der Waals surface area contributed by atoms with Crippen LogP contribution < -0.4 is 10.5 Å². The van der Waals surface area contributed by atoms with Crippen molar-refractivity contribution in [3.8, 4) is 5.75 Å². The van der Waals surface area contributed by atoms with E-state index < -0.39 is 0 Å². The molecule has 21 heavy (non-hydrogen) atoms. The molecule has 0 heterocycles. The van der Waals surface area contributed by atoms with Crippen molar-refractivity contribution in [2.75, 3.05) is 13.2 Å². The van der Waals surface area contributed by atoms with Gasteiger partial charge in [0.05, 0.1) is 6.61 Å². The highest BCUT2D eigenvalue weighted by Crippen LogP contribution is 2.24. The van der Waals surface area contributed by atoms with Gasteiger partial charge in [-0.1, -0.05) is 42.8 Å². The molecule has 0 aliphatic heterocycles. The molecule has 2 aromatic rings. The highest BCUT2D eigenvalue weighted by atomic mass is 35.5. The Hall–Kier alpha value is -1.51. The molecular weight excluding hydrogens is 282 g/mol. The predicted molar refractivity (Wildman–Crippen MR) is 89.2 cm³/mol. The van der Waals surface area contributed by atoms with Crippen LogP contribution in [0.4, 0.5) is 0 Å². The summed E-state index contributed by atoms with van der Waals surface area (Å²) in [5.41, 5.74) is 8.43. The van der Waals surface area contributed by atoms with Gasteiger partial charge >= 0.3 is 0 Å². The van der Waals surface area contributed by atoms with Gasteiger partial charge < -0.3 is 10.5 Å². The second-order valence-corrected chi connectivity index (χ2v) is 5.62. The summed E-state index contributed by atoms with van der Waals surface area (Å²) in [6, 6.07) is 16.2. The monoisotopic (exact) mass is 303 g/mol. The molecule has 0 aliphatic carbocycles. The Morgan fingerprint density at radius 3 is 2.57 bits per heavy atom. The maximum Gasteiger partial charge on any atom is 0.119 e. The second kappa shape index (κ2) is 8.06. The van der Waals surface area contributed by atoms with E-state index in [1.54, 1.807) is 0 Å². The van der Waals surface area contributed by atoms with Gasteiger partial charge in [0.15, 0.2) is 0 Å². The molecule has 0 bridgehead atoms. The van der Waals surface area contributed by atoms with Crippen molar-refractivity contribution in [1.29, 1.82) is 0 Å². The number of hydrogen-bond acceptors (Lipinski definition) is 2. The van der Waals surface area contributed by atoms with Crippen LogP contribution in [0.15, 0.2) is 48.5 Å². The van der Waals surface area contributed by atoms with E-state index in [0.717, 1.165) is 30.2 Å². The Bertz CT molecular complexity index is 553. The van der Waals surface area contributed by atoms with Crippen molar-refractivity contribution in [2.45, 2.75) is 25.7 Å². The molecule has 1 unspecified atom stereocenters. The summed E-state index contributed by atoms with van der Waals surface area (Å²) >= 11 is 5.93. The first-order chi connectivity index (χ1) is 10.2. The van der Waals surface area contributed by atoms with Gasteiger partial charge in [0, 0.05) is 10.9 Å². The van der Waals surface area contributed by atoms with Crippen LogP contribution in [-0.2, 0) is 6.42 Å². The van der Waals surface area contributed by atoms with Gasteiger partial charge in [-0.25, -0.2) is 0 Å². The average molecular weight is 304 g/mol. The molecule has 0 aliphatic rings. The molecule has 3 heteroatoms. The fourth-order valence-corrected chi connectivity index (χ4v) is 2.45.